The largest absolute Gasteiger partial charge is 0.464 e. The molecule has 0 spiro atoms. The highest BCUT2D eigenvalue weighted by Crippen LogP contribution is 2.39. The molecule has 8 heteroatoms. The normalized spacial score (nSPS) is 23.2. The van der Waals surface area contributed by atoms with Gasteiger partial charge in [0.2, 0.25) is 0 Å². The van der Waals surface area contributed by atoms with E-state index in [0.29, 0.717) is 0 Å². The van der Waals surface area contributed by atoms with Crippen LogP contribution in [0.4, 0.5) is 19.0 Å². The fourth-order valence-corrected chi connectivity index (χ4v) is 1.96. The number of nitrogens with one attached hydrogen (secondary N) is 1. The van der Waals surface area contributed by atoms with Crippen molar-refractivity contribution in [3.05, 3.63) is 11.8 Å². The van der Waals surface area contributed by atoms with E-state index in [4.69, 9.17) is 0 Å². The van der Waals surface area contributed by atoms with Gasteiger partial charge in [-0.1, -0.05) is 0 Å². The van der Waals surface area contributed by atoms with Crippen molar-refractivity contribution in [2.75, 3.05) is 12.4 Å². The van der Waals surface area contributed by atoms with E-state index < -0.39 is 18.2 Å². The number of methoxy groups -OCH3 is 1. The van der Waals surface area contributed by atoms with Gasteiger partial charge in [-0.3, -0.25) is 0 Å². The second kappa shape index (κ2) is 4.18. The molecule has 2 atom stereocenters. The lowest BCUT2D eigenvalue weighted by Gasteiger charge is -2.31. The highest BCUT2D eigenvalue weighted by Gasteiger charge is 2.45. The van der Waals surface area contributed by atoms with Gasteiger partial charge in [-0.25, -0.2) is 9.48 Å². The van der Waals surface area contributed by atoms with Gasteiger partial charge in [-0.05, 0) is 13.3 Å². The van der Waals surface area contributed by atoms with Crippen LogP contribution >= 0.6 is 0 Å². The number of esters is 1. The van der Waals surface area contributed by atoms with Crippen LogP contribution in [0.5, 0.6) is 0 Å². The van der Waals surface area contributed by atoms with Crippen LogP contribution < -0.4 is 5.32 Å². The zero-order valence-electron chi connectivity index (χ0n) is 9.78. The number of carbonyl (C=O) groups is 1. The van der Waals surface area contributed by atoms with Crippen molar-refractivity contribution in [3.63, 3.8) is 0 Å². The molecular weight excluding hydrogens is 251 g/mol. The van der Waals surface area contributed by atoms with E-state index >= 15 is 0 Å². The highest BCUT2D eigenvalue weighted by molar-refractivity contribution is 5.88. The maximum absolute atomic E-state index is 12.9. The summed E-state index contributed by atoms with van der Waals surface area (Å²) in [5.74, 6) is -0.580. The molecule has 0 saturated heterocycles. The number of carbonyl (C=O) groups excluding carboxylic acids is 1. The van der Waals surface area contributed by atoms with Crippen LogP contribution in [-0.4, -0.2) is 35.1 Å². The van der Waals surface area contributed by atoms with Crippen molar-refractivity contribution in [3.8, 4) is 0 Å². The summed E-state index contributed by atoms with van der Waals surface area (Å²) in [6, 6.07) is -0.797. The Morgan fingerprint density at radius 1 is 1.61 bits per heavy atom. The van der Waals surface area contributed by atoms with Crippen molar-refractivity contribution >= 4 is 11.8 Å². The molecule has 1 N–H and O–H groups in total. The van der Waals surface area contributed by atoms with Crippen LogP contribution in [-0.2, 0) is 4.74 Å². The number of hydrogen-bond donors (Lipinski definition) is 1. The van der Waals surface area contributed by atoms with Crippen LogP contribution in [0, 0.1) is 0 Å². The van der Waals surface area contributed by atoms with Crippen molar-refractivity contribution < 1.29 is 22.7 Å². The predicted molar refractivity (Wildman–Crippen MR) is 56.4 cm³/mol. The summed E-state index contributed by atoms with van der Waals surface area (Å²) in [5.41, 5.74) is -0.136. The zero-order valence-corrected chi connectivity index (χ0v) is 9.78. The van der Waals surface area contributed by atoms with Crippen LogP contribution in [0.25, 0.3) is 0 Å². The molecule has 0 amide bonds. The van der Waals surface area contributed by atoms with Crippen molar-refractivity contribution in [2.45, 2.75) is 31.6 Å². The third-order valence-electron chi connectivity index (χ3n) is 2.77. The Balaban J connectivity index is 2.42. The smallest absolute Gasteiger partial charge is 0.410 e. The molecular formula is C10H12F3N3O2. The molecule has 0 saturated carbocycles. The summed E-state index contributed by atoms with van der Waals surface area (Å²) in [6.45, 7) is 1.65. The lowest BCUT2D eigenvalue weighted by atomic mass is 10.1. The van der Waals surface area contributed by atoms with E-state index in [1.807, 2.05) is 0 Å². The standard InChI is InChI=1S/C10H12F3N3O2/c1-5-3-7(10(11,12)13)16-8(14-5)4-6(15-16)9(17)18-2/h4-5,7,14H,3H2,1-2H3. The lowest BCUT2D eigenvalue weighted by molar-refractivity contribution is -0.173. The molecule has 1 aromatic heterocycles. The minimum Gasteiger partial charge on any atom is -0.464 e. The van der Waals surface area contributed by atoms with Crippen molar-refractivity contribution in [2.24, 2.45) is 0 Å². The van der Waals surface area contributed by atoms with Gasteiger partial charge in [0.15, 0.2) is 11.7 Å². The van der Waals surface area contributed by atoms with Gasteiger partial charge < -0.3 is 10.1 Å². The van der Waals surface area contributed by atoms with E-state index in [1.165, 1.54) is 6.07 Å². The Morgan fingerprint density at radius 3 is 2.83 bits per heavy atom. The summed E-state index contributed by atoms with van der Waals surface area (Å²) in [5, 5.41) is 6.52. The van der Waals surface area contributed by atoms with Crippen molar-refractivity contribution in [1.29, 1.82) is 0 Å². The first-order valence-electron chi connectivity index (χ1n) is 5.34. The predicted octanol–water partition coefficient (Wildman–Crippen LogP) is 1.98. The zero-order chi connectivity index (χ0) is 13.5. The monoisotopic (exact) mass is 263 g/mol. The number of ether oxygens (including phenoxy) is 1. The van der Waals surface area contributed by atoms with E-state index in [9.17, 15) is 18.0 Å². The highest BCUT2D eigenvalue weighted by atomic mass is 19.4. The third kappa shape index (κ3) is 2.14. The molecule has 2 rings (SSSR count). The minimum absolute atomic E-state index is 0.126. The summed E-state index contributed by atoms with van der Waals surface area (Å²) in [6.07, 6.45) is -4.52. The number of nitrogens with zero attached hydrogens (tertiary/aromatic N) is 2. The molecule has 0 aliphatic carbocycles. The number of hydrogen-bond acceptors (Lipinski definition) is 4. The fourth-order valence-electron chi connectivity index (χ4n) is 1.96. The summed E-state index contributed by atoms with van der Waals surface area (Å²) >= 11 is 0. The molecule has 1 aliphatic heterocycles. The second-order valence-corrected chi connectivity index (χ2v) is 4.19. The number of anilines is 1. The topological polar surface area (TPSA) is 56.2 Å². The Labute approximate surface area is 101 Å². The molecule has 5 nitrogen and oxygen atoms in total. The minimum atomic E-state index is -4.40. The molecule has 18 heavy (non-hydrogen) atoms. The Morgan fingerprint density at radius 2 is 2.28 bits per heavy atom. The third-order valence-corrected chi connectivity index (χ3v) is 2.77. The van der Waals surface area contributed by atoms with Gasteiger partial charge in [0.05, 0.1) is 7.11 Å². The van der Waals surface area contributed by atoms with Gasteiger partial charge in [-0.15, -0.1) is 0 Å². The van der Waals surface area contributed by atoms with Crippen LogP contribution in [0.2, 0.25) is 0 Å². The first-order chi connectivity index (χ1) is 8.32. The summed E-state index contributed by atoms with van der Waals surface area (Å²) in [7, 11) is 1.15. The first kappa shape index (κ1) is 12.7. The SMILES string of the molecule is COC(=O)c1cc2n(n1)C(C(F)(F)F)CC(C)N2. The van der Waals surface area contributed by atoms with Crippen LogP contribution in [0.15, 0.2) is 6.07 Å². The van der Waals surface area contributed by atoms with Gasteiger partial charge in [-0.2, -0.15) is 18.3 Å². The molecule has 0 aromatic carbocycles. The number of rotatable bonds is 1. The summed E-state index contributed by atoms with van der Waals surface area (Å²) in [4.78, 5) is 11.3. The summed E-state index contributed by atoms with van der Waals surface area (Å²) < 4.78 is 43.9. The van der Waals surface area contributed by atoms with Crippen LogP contribution in [0.3, 0.4) is 0 Å². The molecule has 1 aliphatic rings. The number of halogens is 3. The van der Waals surface area contributed by atoms with E-state index in [0.717, 1.165) is 11.8 Å². The fraction of sp³-hybridized carbons (Fsp3) is 0.600. The number of fused-ring (bicyclic) bond motifs is 1. The average molecular weight is 263 g/mol. The van der Waals surface area contributed by atoms with Gasteiger partial charge in [0.25, 0.3) is 0 Å². The molecule has 2 heterocycles. The Kier molecular flexibility index (Phi) is 2.95. The van der Waals surface area contributed by atoms with Gasteiger partial charge in [0.1, 0.15) is 5.82 Å². The maximum atomic E-state index is 12.9. The molecule has 2 unspecified atom stereocenters. The molecule has 0 radical (unpaired) electrons. The molecule has 1 aromatic rings. The molecule has 0 bridgehead atoms. The van der Waals surface area contributed by atoms with E-state index in [1.54, 1.807) is 6.92 Å². The van der Waals surface area contributed by atoms with E-state index in [-0.39, 0.29) is 24.0 Å². The average Bonchev–Trinajstić information content (AvgIpc) is 2.68. The Hall–Kier alpha value is -1.73. The van der Waals surface area contributed by atoms with Crippen LogP contribution in [0.1, 0.15) is 29.9 Å². The Bertz CT molecular complexity index is 469. The number of alkyl halides is 3. The second-order valence-electron chi connectivity index (χ2n) is 4.19. The number of aromatic nitrogens is 2. The van der Waals surface area contributed by atoms with Crippen molar-refractivity contribution in [1.82, 2.24) is 9.78 Å². The molecule has 0 fully saturated rings. The van der Waals surface area contributed by atoms with Gasteiger partial charge in [0, 0.05) is 12.1 Å². The first-order valence-corrected chi connectivity index (χ1v) is 5.34. The van der Waals surface area contributed by atoms with Gasteiger partial charge >= 0.3 is 12.1 Å². The molecule has 100 valence electrons. The van der Waals surface area contributed by atoms with E-state index in [2.05, 4.69) is 15.2 Å². The lowest BCUT2D eigenvalue weighted by Crippen LogP contribution is -2.37. The quantitative estimate of drug-likeness (QED) is 0.787. The maximum Gasteiger partial charge on any atom is 0.410 e.